The van der Waals surface area contributed by atoms with Crippen LogP contribution in [0.2, 0.25) is 0 Å². The van der Waals surface area contributed by atoms with E-state index in [1.807, 2.05) is 38.1 Å². The maximum Gasteiger partial charge on any atom is 0.263 e. The molecule has 2 heterocycles. The number of hydrogen-bond acceptors (Lipinski definition) is 4. The standard InChI is InChI=1S/C15H18N4O2/c1-10(2)19-14(16)11(9-17-19)15(20)18-7-8-21-13-6-4-3-5-12(13)18/h3-6,9-10H,7-8,16H2,1-2H3. The van der Waals surface area contributed by atoms with Crippen LogP contribution in [-0.2, 0) is 0 Å². The minimum absolute atomic E-state index is 0.114. The number of aromatic nitrogens is 2. The molecule has 1 amide bonds. The summed E-state index contributed by atoms with van der Waals surface area (Å²) in [5.41, 5.74) is 7.25. The summed E-state index contributed by atoms with van der Waals surface area (Å²) in [5, 5.41) is 4.20. The molecule has 0 fully saturated rings. The minimum atomic E-state index is -0.143. The van der Waals surface area contributed by atoms with Gasteiger partial charge in [-0.15, -0.1) is 0 Å². The maximum absolute atomic E-state index is 12.8. The highest BCUT2D eigenvalue weighted by atomic mass is 16.5. The number of anilines is 2. The van der Waals surface area contributed by atoms with Gasteiger partial charge in [0, 0.05) is 6.04 Å². The van der Waals surface area contributed by atoms with Crippen LogP contribution in [0.25, 0.3) is 0 Å². The zero-order valence-corrected chi connectivity index (χ0v) is 12.1. The lowest BCUT2D eigenvalue weighted by Gasteiger charge is -2.29. The number of rotatable bonds is 2. The number of amides is 1. The molecule has 0 saturated heterocycles. The van der Waals surface area contributed by atoms with Crippen LogP contribution in [0.15, 0.2) is 30.5 Å². The second-order valence-electron chi connectivity index (χ2n) is 5.25. The molecule has 2 aromatic rings. The van der Waals surface area contributed by atoms with Crippen molar-refractivity contribution in [2.75, 3.05) is 23.8 Å². The summed E-state index contributed by atoms with van der Waals surface area (Å²) >= 11 is 0. The van der Waals surface area contributed by atoms with Gasteiger partial charge in [-0.1, -0.05) is 12.1 Å². The minimum Gasteiger partial charge on any atom is -0.490 e. The van der Waals surface area contributed by atoms with Crippen LogP contribution in [-0.4, -0.2) is 28.8 Å². The molecule has 1 aromatic heterocycles. The Kier molecular flexibility index (Phi) is 3.29. The number of nitrogens with two attached hydrogens (primary N) is 1. The number of carbonyl (C=O) groups is 1. The molecule has 0 aliphatic carbocycles. The average Bonchev–Trinajstić information content (AvgIpc) is 2.88. The van der Waals surface area contributed by atoms with Gasteiger partial charge in [0.2, 0.25) is 0 Å². The van der Waals surface area contributed by atoms with Crippen LogP contribution >= 0.6 is 0 Å². The quantitative estimate of drug-likeness (QED) is 0.917. The second-order valence-corrected chi connectivity index (χ2v) is 5.25. The third-order valence-corrected chi connectivity index (χ3v) is 3.53. The van der Waals surface area contributed by atoms with Gasteiger partial charge in [0.25, 0.3) is 5.91 Å². The van der Waals surface area contributed by atoms with E-state index in [-0.39, 0.29) is 11.9 Å². The van der Waals surface area contributed by atoms with E-state index in [4.69, 9.17) is 10.5 Å². The van der Waals surface area contributed by atoms with Gasteiger partial charge in [0.15, 0.2) is 0 Å². The Morgan fingerprint density at radius 3 is 2.86 bits per heavy atom. The van der Waals surface area contributed by atoms with E-state index in [0.717, 1.165) is 5.69 Å². The number of fused-ring (bicyclic) bond motifs is 1. The van der Waals surface area contributed by atoms with Crippen molar-refractivity contribution in [3.63, 3.8) is 0 Å². The highest BCUT2D eigenvalue weighted by Gasteiger charge is 2.27. The number of hydrogen-bond donors (Lipinski definition) is 1. The Morgan fingerprint density at radius 2 is 2.14 bits per heavy atom. The second kappa shape index (κ2) is 5.12. The predicted octanol–water partition coefficient (Wildman–Crippen LogP) is 2.09. The van der Waals surface area contributed by atoms with Crippen molar-refractivity contribution in [3.05, 3.63) is 36.0 Å². The van der Waals surface area contributed by atoms with E-state index in [1.165, 1.54) is 6.20 Å². The Hall–Kier alpha value is -2.50. The first-order chi connectivity index (χ1) is 10.1. The van der Waals surface area contributed by atoms with Crippen molar-refractivity contribution in [2.45, 2.75) is 19.9 Å². The molecule has 0 spiro atoms. The molecule has 0 unspecified atom stereocenters. The van der Waals surface area contributed by atoms with Gasteiger partial charge in [-0.05, 0) is 26.0 Å². The van der Waals surface area contributed by atoms with E-state index in [0.29, 0.717) is 30.3 Å². The number of carbonyl (C=O) groups excluding carboxylic acids is 1. The smallest absolute Gasteiger partial charge is 0.263 e. The third kappa shape index (κ3) is 2.22. The van der Waals surface area contributed by atoms with Gasteiger partial charge in [0.05, 0.1) is 18.4 Å². The molecule has 3 rings (SSSR count). The van der Waals surface area contributed by atoms with Gasteiger partial charge in [-0.25, -0.2) is 4.68 Å². The van der Waals surface area contributed by atoms with Crippen LogP contribution in [0.5, 0.6) is 5.75 Å². The largest absolute Gasteiger partial charge is 0.490 e. The number of benzene rings is 1. The third-order valence-electron chi connectivity index (χ3n) is 3.53. The van der Waals surface area contributed by atoms with Crippen molar-refractivity contribution in [1.29, 1.82) is 0 Å². The summed E-state index contributed by atoms with van der Waals surface area (Å²) in [4.78, 5) is 14.4. The fraction of sp³-hybridized carbons (Fsp3) is 0.333. The molecule has 1 aromatic carbocycles. The number of nitrogens with zero attached hydrogens (tertiary/aromatic N) is 3. The Balaban J connectivity index is 1.97. The lowest BCUT2D eigenvalue weighted by molar-refractivity contribution is 0.0977. The fourth-order valence-corrected chi connectivity index (χ4v) is 2.47. The van der Waals surface area contributed by atoms with Crippen LogP contribution in [0.3, 0.4) is 0 Å². The van der Waals surface area contributed by atoms with Gasteiger partial charge in [-0.3, -0.25) is 4.79 Å². The van der Waals surface area contributed by atoms with Crippen LogP contribution in [0.1, 0.15) is 30.2 Å². The monoisotopic (exact) mass is 286 g/mol. The first kappa shape index (κ1) is 13.5. The topological polar surface area (TPSA) is 73.4 Å². The predicted molar refractivity (Wildman–Crippen MR) is 80.6 cm³/mol. The molecule has 21 heavy (non-hydrogen) atoms. The van der Waals surface area contributed by atoms with E-state index >= 15 is 0 Å². The Labute approximate surface area is 123 Å². The summed E-state index contributed by atoms with van der Waals surface area (Å²) in [6.07, 6.45) is 1.54. The molecule has 0 atom stereocenters. The van der Waals surface area contributed by atoms with Crippen molar-refractivity contribution < 1.29 is 9.53 Å². The average molecular weight is 286 g/mol. The maximum atomic E-state index is 12.8. The highest BCUT2D eigenvalue weighted by Crippen LogP contribution is 2.32. The Morgan fingerprint density at radius 1 is 1.38 bits per heavy atom. The summed E-state index contributed by atoms with van der Waals surface area (Å²) < 4.78 is 7.22. The van der Waals surface area contributed by atoms with Crippen molar-refractivity contribution in [3.8, 4) is 5.75 Å². The molecule has 1 aliphatic heterocycles. The van der Waals surface area contributed by atoms with Gasteiger partial charge in [-0.2, -0.15) is 5.10 Å². The van der Waals surface area contributed by atoms with Gasteiger partial charge >= 0.3 is 0 Å². The molecule has 110 valence electrons. The summed E-state index contributed by atoms with van der Waals surface area (Å²) in [7, 11) is 0. The molecule has 6 heteroatoms. The van der Waals surface area contributed by atoms with Crippen LogP contribution < -0.4 is 15.4 Å². The van der Waals surface area contributed by atoms with E-state index in [1.54, 1.807) is 9.58 Å². The lowest BCUT2D eigenvalue weighted by atomic mass is 10.2. The number of para-hydroxylation sites is 2. The Bertz CT molecular complexity index is 678. The zero-order valence-electron chi connectivity index (χ0n) is 12.1. The molecule has 0 bridgehead atoms. The number of nitrogen functional groups attached to an aromatic ring is 1. The highest BCUT2D eigenvalue weighted by molar-refractivity contribution is 6.09. The van der Waals surface area contributed by atoms with Gasteiger partial charge in [0.1, 0.15) is 23.7 Å². The molecule has 0 radical (unpaired) electrons. The molecular formula is C15H18N4O2. The molecular weight excluding hydrogens is 268 g/mol. The van der Waals surface area contributed by atoms with Crippen LogP contribution in [0.4, 0.5) is 11.5 Å². The fourth-order valence-electron chi connectivity index (χ4n) is 2.47. The SMILES string of the molecule is CC(C)n1ncc(C(=O)N2CCOc3ccccc32)c1N. The molecule has 6 nitrogen and oxygen atoms in total. The lowest BCUT2D eigenvalue weighted by Crippen LogP contribution is -2.38. The van der Waals surface area contributed by atoms with Crippen molar-refractivity contribution in [1.82, 2.24) is 9.78 Å². The first-order valence-corrected chi connectivity index (χ1v) is 6.96. The first-order valence-electron chi connectivity index (χ1n) is 6.96. The van der Waals surface area contributed by atoms with E-state index in [9.17, 15) is 4.79 Å². The summed E-state index contributed by atoms with van der Waals surface area (Å²) in [5.74, 6) is 0.973. The zero-order chi connectivity index (χ0) is 15.0. The summed E-state index contributed by atoms with van der Waals surface area (Å²) in [6, 6.07) is 7.61. The van der Waals surface area contributed by atoms with Crippen molar-refractivity contribution in [2.24, 2.45) is 0 Å². The normalized spacial score (nSPS) is 14.0. The molecule has 0 saturated carbocycles. The number of ether oxygens (including phenoxy) is 1. The van der Waals surface area contributed by atoms with Crippen LogP contribution in [0, 0.1) is 0 Å². The van der Waals surface area contributed by atoms with Crippen molar-refractivity contribution >= 4 is 17.4 Å². The van der Waals surface area contributed by atoms with Gasteiger partial charge < -0.3 is 15.4 Å². The van der Waals surface area contributed by atoms with E-state index in [2.05, 4.69) is 5.10 Å². The molecule has 2 N–H and O–H groups in total. The summed E-state index contributed by atoms with van der Waals surface area (Å²) in [6.45, 7) is 4.92. The molecule has 1 aliphatic rings. The van der Waals surface area contributed by atoms with E-state index < -0.39 is 0 Å².